The molecule has 0 aromatic heterocycles. The van der Waals surface area contributed by atoms with Crippen LogP contribution in [0.25, 0.3) is 0 Å². The number of nitrogen functional groups attached to an aromatic ring is 1. The second-order valence-corrected chi connectivity index (χ2v) is 9.04. The number of methoxy groups -OCH3 is 1. The number of ether oxygens (including phenoxy) is 1. The molecule has 0 aliphatic carbocycles. The zero-order valence-electron chi connectivity index (χ0n) is 17.1. The molecule has 2 rings (SSSR count). The van der Waals surface area contributed by atoms with Gasteiger partial charge in [-0.05, 0) is 67.9 Å². The molecule has 0 aliphatic rings. The molecule has 164 valence electrons. The molecule has 1 unspecified atom stereocenters. The van der Waals surface area contributed by atoms with Crippen molar-refractivity contribution in [3.05, 3.63) is 54.1 Å². The van der Waals surface area contributed by atoms with Gasteiger partial charge in [-0.15, -0.1) is 0 Å². The lowest BCUT2D eigenvalue weighted by atomic mass is 10.2. The quantitative estimate of drug-likeness (QED) is 0.183. The minimum Gasteiger partial charge on any atom is -0.497 e. The van der Waals surface area contributed by atoms with Gasteiger partial charge in [0.2, 0.25) is 0 Å². The molecule has 30 heavy (non-hydrogen) atoms. The van der Waals surface area contributed by atoms with Gasteiger partial charge < -0.3 is 26.2 Å². The fraction of sp³-hybridized carbons (Fsp3) is 0.381. The largest absolute Gasteiger partial charge is 0.497 e. The molecule has 0 spiro atoms. The van der Waals surface area contributed by atoms with E-state index < -0.39 is 15.9 Å². The van der Waals surface area contributed by atoms with Gasteiger partial charge in [0, 0.05) is 24.3 Å². The fourth-order valence-corrected chi connectivity index (χ4v) is 4.16. The van der Waals surface area contributed by atoms with E-state index in [1.807, 2.05) is 0 Å². The van der Waals surface area contributed by atoms with Crippen molar-refractivity contribution >= 4 is 21.4 Å². The molecule has 0 heterocycles. The number of unbranched alkanes of at least 4 members (excludes halogenated alkanes) is 1. The minimum absolute atomic E-state index is 0.0163. The van der Waals surface area contributed by atoms with Crippen molar-refractivity contribution in [3.8, 4) is 5.75 Å². The van der Waals surface area contributed by atoms with Crippen LogP contribution in [0.1, 0.15) is 18.4 Å². The first kappa shape index (κ1) is 23.7. The zero-order valence-corrected chi connectivity index (χ0v) is 17.9. The first-order valence-electron chi connectivity index (χ1n) is 9.76. The van der Waals surface area contributed by atoms with Crippen LogP contribution in [0.2, 0.25) is 0 Å². The normalized spacial score (nSPS) is 12.3. The second kappa shape index (κ2) is 11.5. The predicted octanol–water partition coefficient (Wildman–Crippen LogP) is 1.60. The van der Waals surface area contributed by atoms with Gasteiger partial charge in [-0.2, -0.15) is 0 Å². The van der Waals surface area contributed by atoms with E-state index in [2.05, 4.69) is 10.6 Å². The number of hydrogen-bond acceptors (Lipinski definition) is 7. The Labute approximate surface area is 177 Å². The monoisotopic (exact) mass is 434 g/mol. The van der Waals surface area contributed by atoms with Crippen molar-refractivity contribution < 1.29 is 18.3 Å². The maximum absolute atomic E-state index is 12.3. The molecule has 0 amide bonds. The van der Waals surface area contributed by atoms with Gasteiger partial charge in [0.1, 0.15) is 11.6 Å². The summed E-state index contributed by atoms with van der Waals surface area (Å²) in [6.07, 6.45) is 0.653. The van der Waals surface area contributed by atoms with Crippen LogP contribution in [0.15, 0.2) is 53.4 Å². The number of hydrogen-bond donors (Lipinski definition) is 5. The zero-order chi connectivity index (χ0) is 22.0. The first-order valence-corrected chi connectivity index (χ1v) is 11.4. The molecule has 0 aliphatic heterocycles. The predicted molar refractivity (Wildman–Crippen MR) is 119 cm³/mol. The Morgan fingerprint density at radius 3 is 2.37 bits per heavy atom. The third-order valence-electron chi connectivity index (χ3n) is 4.55. The Morgan fingerprint density at radius 2 is 1.77 bits per heavy atom. The van der Waals surface area contributed by atoms with Gasteiger partial charge in [0.25, 0.3) is 0 Å². The molecule has 0 fully saturated rings. The van der Waals surface area contributed by atoms with Gasteiger partial charge in [0.15, 0.2) is 9.84 Å². The average Bonchev–Trinajstić information content (AvgIpc) is 2.75. The van der Waals surface area contributed by atoms with Crippen LogP contribution in [0.5, 0.6) is 5.75 Å². The summed E-state index contributed by atoms with van der Waals surface area (Å²) in [6, 6.07) is 13.5. The van der Waals surface area contributed by atoms with Gasteiger partial charge >= 0.3 is 0 Å². The van der Waals surface area contributed by atoms with E-state index >= 15 is 0 Å². The lowest BCUT2D eigenvalue weighted by Gasteiger charge is -2.14. The number of amidine groups is 1. The molecular formula is C21H30N4O4S. The van der Waals surface area contributed by atoms with E-state index in [0.29, 0.717) is 48.7 Å². The van der Waals surface area contributed by atoms with Crippen LogP contribution >= 0.6 is 0 Å². The SMILES string of the molecule is COc1ccc(S(=O)(=O)CCCCNCC(O)CNc2ccc(C(=N)N)cc2)cc1. The second-order valence-electron chi connectivity index (χ2n) is 6.93. The molecule has 0 bridgehead atoms. The van der Waals surface area contributed by atoms with Crippen LogP contribution in [0.3, 0.4) is 0 Å². The van der Waals surface area contributed by atoms with Crippen molar-refractivity contribution in [3.63, 3.8) is 0 Å². The molecular weight excluding hydrogens is 404 g/mol. The fourth-order valence-electron chi connectivity index (χ4n) is 2.79. The maximum atomic E-state index is 12.3. The van der Waals surface area contributed by atoms with Crippen molar-refractivity contribution in [1.29, 1.82) is 5.41 Å². The average molecular weight is 435 g/mol. The molecule has 0 radical (unpaired) electrons. The molecule has 1 atom stereocenters. The summed E-state index contributed by atoms with van der Waals surface area (Å²) < 4.78 is 29.7. The molecule has 8 nitrogen and oxygen atoms in total. The van der Waals surface area contributed by atoms with Crippen molar-refractivity contribution in [2.75, 3.05) is 37.8 Å². The minimum atomic E-state index is -3.30. The third-order valence-corrected chi connectivity index (χ3v) is 6.37. The summed E-state index contributed by atoms with van der Waals surface area (Å²) in [7, 11) is -1.76. The maximum Gasteiger partial charge on any atom is 0.178 e. The Hall–Kier alpha value is -2.62. The highest BCUT2D eigenvalue weighted by atomic mass is 32.2. The van der Waals surface area contributed by atoms with E-state index in [1.165, 1.54) is 7.11 Å². The van der Waals surface area contributed by atoms with Crippen LogP contribution in [-0.2, 0) is 9.84 Å². The summed E-state index contributed by atoms with van der Waals surface area (Å²) in [4.78, 5) is 0.300. The van der Waals surface area contributed by atoms with Crippen LogP contribution in [-0.4, -0.2) is 58.0 Å². The van der Waals surface area contributed by atoms with Crippen molar-refractivity contribution in [1.82, 2.24) is 5.32 Å². The molecule has 0 saturated carbocycles. The molecule has 2 aromatic rings. The number of sulfone groups is 1. The molecule has 6 N–H and O–H groups in total. The number of anilines is 1. The first-order chi connectivity index (χ1) is 14.3. The molecule has 2 aromatic carbocycles. The van der Waals surface area contributed by atoms with Gasteiger partial charge in [-0.3, -0.25) is 5.41 Å². The van der Waals surface area contributed by atoms with E-state index in [1.54, 1.807) is 48.5 Å². The number of benzene rings is 2. The van der Waals surface area contributed by atoms with Gasteiger partial charge in [0.05, 0.1) is 23.9 Å². The number of nitrogens with two attached hydrogens (primary N) is 1. The van der Waals surface area contributed by atoms with E-state index in [0.717, 1.165) is 5.69 Å². The van der Waals surface area contributed by atoms with E-state index in [9.17, 15) is 13.5 Å². The number of rotatable bonds is 13. The summed E-state index contributed by atoms with van der Waals surface area (Å²) in [5, 5.41) is 23.7. The third kappa shape index (κ3) is 7.66. The number of aliphatic hydroxyl groups is 1. The smallest absolute Gasteiger partial charge is 0.178 e. The topological polar surface area (TPSA) is 138 Å². The molecule has 9 heteroatoms. The highest BCUT2D eigenvalue weighted by molar-refractivity contribution is 7.91. The van der Waals surface area contributed by atoms with Gasteiger partial charge in [-0.1, -0.05) is 0 Å². The Morgan fingerprint density at radius 1 is 1.10 bits per heavy atom. The Kier molecular flexibility index (Phi) is 9.10. The van der Waals surface area contributed by atoms with E-state index in [4.69, 9.17) is 15.9 Å². The lowest BCUT2D eigenvalue weighted by molar-refractivity contribution is 0.184. The van der Waals surface area contributed by atoms with Crippen LogP contribution < -0.4 is 21.1 Å². The Bertz CT molecular complexity index is 900. The number of aliphatic hydroxyl groups excluding tert-OH is 1. The van der Waals surface area contributed by atoms with Crippen molar-refractivity contribution in [2.24, 2.45) is 5.73 Å². The van der Waals surface area contributed by atoms with Crippen LogP contribution in [0.4, 0.5) is 5.69 Å². The van der Waals surface area contributed by atoms with Crippen molar-refractivity contribution in [2.45, 2.75) is 23.8 Å². The summed E-state index contributed by atoms with van der Waals surface area (Å²) in [6.45, 7) is 1.41. The molecule has 0 saturated heterocycles. The summed E-state index contributed by atoms with van der Waals surface area (Å²) in [5.74, 6) is 0.725. The standard InChI is InChI=1S/C21H30N4O4S/c1-29-19-8-10-20(11-9-19)30(27,28)13-3-2-12-24-14-18(26)15-25-17-6-4-16(5-7-17)21(22)23/h4-11,18,24-26H,2-3,12-15H2,1H3,(H3,22,23). The Balaban J connectivity index is 1.60. The highest BCUT2D eigenvalue weighted by Crippen LogP contribution is 2.17. The van der Waals surface area contributed by atoms with Crippen LogP contribution in [0, 0.1) is 5.41 Å². The summed E-state index contributed by atoms with van der Waals surface area (Å²) in [5.41, 5.74) is 6.90. The highest BCUT2D eigenvalue weighted by Gasteiger charge is 2.14. The lowest BCUT2D eigenvalue weighted by Crippen LogP contribution is -2.32. The van der Waals surface area contributed by atoms with E-state index in [-0.39, 0.29) is 11.6 Å². The number of nitrogens with one attached hydrogen (secondary N) is 3. The summed E-state index contributed by atoms with van der Waals surface area (Å²) >= 11 is 0. The van der Waals surface area contributed by atoms with Gasteiger partial charge in [-0.25, -0.2) is 8.42 Å².